The molecule has 11 nitrogen and oxygen atoms in total. The Morgan fingerprint density at radius 2 is 1.90 bits per heavy atom. The first kappa shape index (κ1) is 46.0. The van der Waals surface area contributed by atoms with Crippen LogP contribution in [0.2, 0.25) is 0 Å². The predicted octanol–water partition coefficient (Wildman–Crippen LogP) is 9.10. The van der Waals surface area contributed by atoms with Crippen molar-refractivity contribution in [1.29, 1.82) is 0 Å². The van der Waals surface area contributed by atoms with Crippen LogP contribution in [0.3, 0.4) is 0 Å². The van der Waals surface area contributed by atoms with Crippen molar-refractivity contribution in [1.82, 2.24) is 10.6 Å². The summed E-state index contributed by atoms with van der Waals surface area (Å²) in [7, 11) is 1.65. The number of rotatable bonds is 15. The Morgan fingerprint density at radius 1 is 1.04 bits per heavy atom. The first-order valence-corrected chi connectivity index (χ1v) is 24.3. The number of methoxy groups -OCH3 is 1. The van der Waals surface area contributed by atoms with E-state index in [1.54, 1.807) is 19.2 Å². The van der Waals surface area contributed by atoms with Crippen molar-refractivity contribution in [3.05, 3.63) is 117 Å². The third-order valence-electron chi connectivity index (χ3n) is 14.6. The van der Waals surface area contributed by atoms with Crippen LogP contribution < -0.4 is 35.9 Å². The van der Waals surface area contributed by atoms with E-state index in [1.165, 1.54) is 12.5 Å². The predicted molar refractivity (Wildman–Crippen MR) is 263 cm³/mol. The summed E-state index contributed by atoms with van der Waals surface area (Å²) in [5, 5.41) is 33.3. The lowest BCUT2D eigenvalue weighted by atomic mass is 9.64. The third-order valence-corrected chi connectivity index (χ3v) is 14.6. The van der Waals surface area contributed by atoms with Gasteiger partial charge in [-0.3, -0.25) is 4.79 Å². The van der Waals surface area contributed by atoms with Crippen molar-refractivity contribution < 1.29 is 34.0 Å². The van der Waals surface area contributed by atoms with Gasteiger partial charge in [-0.1, -0.05) is 56.2 Å². The van der Waals surface area contributed by atoms with Gasteiger partial charge in [-0.2, -0.15) is 0 Å². The van der Waals surface area contributed by atoms with Crippen LogP contribution in [0, 0.1) is 29.6 Å². The molecular weight excluding hydrogens is 841 g/mol. The van der Waals surface area contributed by atoms with E-state index < -0.39 is 12.3 Å². The number of carbonyl (C=O) groups is 1. The topological polar surface area (TPSA) is 157 Å². The van der Waals surface area contributed by atoms with E-state index in [0.717, 1.165) is 113 Å². The number of para-hydroxylation sites is 1. The average Bonchev–Trinajstić information content (AvgIpc) is 3.89. The van der Waals surface area contributed by atoms with Gasteiger partial charge >= 0.3 is 5.97 Å². The highest BCUT2D eigenvalue weighted by atomic mass is 16.5. The molecule has 6 atom stereocenters. The molecule has 3 heterocycles. The average molecular weight is 907 g/mol. The molecule has 1 spiro atoms. The molecule has 0 saturated heterocycles. The standard InChI is InChI=1S/C56H66N4O7/c1-6-59-46-12-8-7-10-35(46)14-15-40-37-20-22-56(30-37)31-38-26-39(62)28-50(64-5)52(38)43-17-16-42-45(32-66-34(4)61)54(67-55(42)53(43)56)44-29-49(65-25-24-58-23-21-33(2)3)48(63)27-36(44)11-9-13-47-41(40)18-19-51(57)60-47/h7-8,10,12,16-19,26-29,33,37,40,45,51,54,58-60,62-63H,6,11,14-15,20-25,30-32,57H2,1-5H3/t37-,40-,45+,51?,54-,56+/m1/s1. The molecule has 0 radical (unpaired) electrons. The number of phenols is 2. The van der Waals surface area contributed by atoms with E-state index in [2.05, 4.69) is 91.0 Å². The normalized spacial score (nSPS) is 23.1. The zero-order valence-electron chi connectivity index (χ0n) is 39.6. The number of hydrogen-bond donors (Lipinski definition) is 6. The number of carbonyl (C=O) groups excluding carboxylic acids is 1. The second kappa shape index (κ2) is 19.6. The van der Waals surface area contributed by atoms with Gasteiger partial charge in [0, 0.05) is 65.9 Å². The van der Waals surface area contributed by atoms with E-state index in [9.17, 15) is 15.0 Å². The molecule has 2 aliphatic carbocycles. The van der Waals surface area contributed by atoms with Gasteiger partial charge in [0.05, 0.1) is 24.9 Å². The number of hydrogen-bond acceptors (Lipinski definition) is 11. The molecule has 5 aliphatic rings. The van der Waals surface area contributed by atoms with Crippen LogP contribution >= 0.6 is 0 Å². The second-order valence-corrected chi connectivity index (χ2v) is 19.5. The zero-order valence-corrected chi connectivity index (χ0v) is 39.6. The number of fused-ring (bicyclic) bond motifs is 6. The smallest absolute Gasteiger partial charge is 0.302 e. The fraction of sp³-hybridized carbons (Fsp3) is 0.446. The van der Waals surface area contributed by atoms with E-state index in [1.807, 2.05) is 18.2 Å². The number of ether oxygens (including phenoxy) is 4. The Bertz CT molecular complexity index is 2640. The lowest BCUT2D eigenvalue weighted by molar-refractivity contribution is -0.141. The summed E-state index contributed by atoms with van der Waals surface area (Å²) in [5.74, 6) is 9.25. The Kier molecular flexibility index (Phi) is 13.5. The maximum Gasteiger partial charge on any atom is 0.302 e. The second-order valence-electron chi connectivity index (χ2n) is 19.5. The van der Waals surface area contributed by atoms with E-state index >= 15 is 0 Å². The molecule has 4 bridgehead atoms. The highest BCUT2D eigenvalue weighted by Crippen LogP contribution is 2.63. The van der Waals surface area contributed by atoms with Crippen molar-refractivity contribution in [2.45, 2.75) is 103 Å². The summed E-state index contributed by atoms with van der Waals surface area (Å²) < 4.78 is 25.7. The number of phenolic OH excluding ortho intramolecular Hbond substituents is 2. The Balaban J connectivity index is 1.23. The van der Waals surface area contributed by atoms with E-state index in [0.29, 0.717) is 43.4 Å². The van der Waals surface area contributed by atoms with Gasteiger partial charge in [0.15, 0.2) is 11.5 Å². The third kappa shape index (κ3) is 9.31. The Hall–Kier alpha value is -6.09. The van der Waals surface area contributed by atoms with Gasteiger partial charge in [-0.25, -0.2) is 0 Å². The highest BCUT2D eigenvalue weighted by Gasteiger charge is 2.52. The first-order valence-electron chi connectivity index (χ1n) is 24.3. The zero-order chi connectivity index (χ0) is 46.8. The molecule has 1 fully saturated rings. The largest absolute Gasteiger partial charge is 0.508 e. The first-order chi connectivity index (χ1) is 32.5. The van der Waals surface area contributed by atoms with Gasteiger partial charge in [-0.05, 0) is 140 Å². The molecule has 3 aliphatic heterocycles. The molecule has 0 amide bonds. The molecular formula is C56H66N4O7. The van der Waals surface area contributed by atoms with Crippen LogP contribution in [-0.4, -0.2) is 62.3 Å². The number of dihydropyridines is 1. The number of aromatic hydroxyl groups is 2. The van der Waals surface area contributed by atoms with Gasteiger partial charge in [0.25, 0.3) is 0 Å². The minimum Gasteiger partial charge on any atom is -0.508 e. The number of anilines is 1. The van der Waals surface area contributed by atoms with Crippen LogP contribution in [0.25, 0.3) is 11.1 Å². The number of allylic oxidation sites excluding steroid dienone is 3. The maximum absolute atomic E-state index is 12.6. The fourth-order valence-electron chi connectivity index (χ4n) is 11.6. The summed E-state index contributed by atoms with van der Waals surface area (Å²) in [6, 6.07) is 20.2. The molecule has 4 aromatic carbocycles. The number of aryl methyl sites for hydroxylation is 1. The van der Waals surface area contributed by atoms with Crippen molar-refractivity contribution >= 4 is 11.7 Å². The fourth-order valence-corrected chi connectivity index (χ4v) is 11.6. The summed E-state index contributed by atoms with van der Waals surface area (Å²) in [6.07, 6.45) is 9.78. The lowest BCUT2D eigenvalue weighted by Crippen LogP contribution is -2.38. The number of nitrogens with one attached hydrogen (secondary N) is 3. The maximum atomic E-state index is 12.6. The minimum absolute atomic E-state index is 0.0202. The molecule has 0 aromatic heterocycles. The minimum atomic E-state index is -0.601. The van der Waals surface area contributed by atoms with Gasteiger partial charge < -0.3 is 50.8 Å². The molecule has 352 valence electrons. The Morgan fingerprint density at radius 3 is 2.70 bits per heavy atom. The van der Waals surface area contributed by atoms with Crippen molar-refractivity contribution in [2.75, 3.05) is 45.3 Å². The summed E-state index contributed by atoms with van der Waals surface area (Å²) >= 11 is 0. The molecule has 67 heavy (non-hydrogen) atoms. The van der Waals surface area contributed by atoms with Crippen molar-refractivity contribution in [2.24, 2.45) is 23.5 Å². The van der Waals surface area contributed by atoms with Crippen LogP contribution in [0.1, 0.15) is 105 Å². The lowest BCUT2D eigenvalue weighted by Gasteiger charge is -2.40. The summed E-state index contributed by atoms with van der Waals surface area (Å²) in [4.78, 5) is 12.6. The molecule has 11 heteroatoms. The van der Waals surface area contributed by atoms with Crippen molar-refractivity contribution in [3.63, 3.8) is 0 Å². The van der Waals surface area contributed by atoms with Crippen molar-refractivity contribution in [3.8, 4) is 51.7 Å². The van der Waals surface area contributed by atoms with Crippen LogP contribution in [0.4, 0.5) is 5.69 Å². The Labute approximate surface area is 395 Å². The molecule has 1 saturated carbocycles. The van der Waals surface area contributed by atoms with E-state index in [-0.39, 0.29) is 47.2 Å². The molecule has 7 N–H and O–H groups in total. The molecule has 4 aromatic rings. The highest BCUT2D eigenvalue weighted by molar-refractivity contribution is 5.84. The van der Waals surface area contributed by atoms with Gasteiger partial charge in [0.2, 0.25) is 0 Å². The van der Waals surface area contributed by atoms with Gasteiger partial charge in [0.1, 0.15) is 36.6 Å². The summed E-state index contributed by atoms with van der Waals surface area (Å²) in [6.45, 7) is 10.8. The monoisotopic (exact) mass is 906 g/mol. The van der Waals surface area contributed by atoms with Crippen LogP contribution in [0.5, 0.6) is 28.7 Å². The molecule has 9 rings (SSSR count). The van der Waals surface area contributed by atoms with Gasteiger partial charge in [-0.15, -0.1) is 0 Å². The number of benzene rings is 4. The quantitative estimate of drug-likeness (QED) is 0.0384. The van der Waals surface area contributed by atoms with Crippen LogP contribution in [0.15, 0.2) is 84.1 Å². The SMILES string of the molecule is CCNc1ccccc1CC[C@H]1C2=C(C#CCc3cc(O)c(OCCNCCC(C)C)cc3[C@H]3Oc4c(ccc5c4[C@]4(CC[C@@H]1C4)Cc1cc(O)cc(OC)c1-5)[C@@H]3COC(C)=O)NC(N)C=C2. The molecule has 1 unspecified atom stereocenters. The van der Waals surface area contributed by atoms with E-state index in [4.69, 9.17) is 24.7 Å². The number of esters is 1. The summed E-state index contributed by atoms with van der Waals surface area (Å²) in [5.41, 5.74) is 17.4. The number of nitrogens with two attached hydrogens (primary N) is 1. The van der Waals surface area contributed by atoms with Crippen LogP contribution in [-0.2, 0) is 34.2 Å².